The molecule has 5 heteroatoms. The van der Waals surface area contributed by atoms with Crippen LogP contribution in [0.25, 0.3) is 11.1 Å². The molecule has 0 aliphatic rings. The monoisotopic (exact) mass is 263 g/mol. The van der Waals surface area contributed by atoms with E-state index in [0.29, 0.717) is 5.69 Å². The lowest BCUT2D eigenvalue weighted by atomic mass is 10.0. The first-order chi connectivity index (χ1) is 8.56. The summed E-state index contributed by atoms with van der Waals surface area (Å²) in [7, 11) is -3.53. The quantitative estimate of drug-likeness (QED) is 0.862. The van der Waals surface area contributed by atoms with Gasteiger partial charge in [-0.2, -0.15) is 12.7 Å². The lowest BCUT2D eigenvalue weighted by Crippen LogP contribution is -2.09. The van der Waals surface area contributed by atoms with E-state index < -0.39 is 10.1 Å². The molecule has 0 saturated carbocycles. The maximum absolute atomic E-state index is 11.0. The van der Waals surface area contributed by atoms with Gasteiger partial charge in [0, 0.05) is 5.56 Å². The van der Waals surface area contributed by atoms with Crippen molar-refractivity contribution in [3.05, 3.63) is 54.6 Å². The molecule has 0 aliphatic heterocycles. The first-order valence-electron chi connectivity index (χ1n) is 5.35. The SMILES string of the molecule is CS(=O)(=O)ONc1ccccc1-c1ccccc1. The Morgan fingerprint density at radius 3 is 2.22 bits per heavy atom. The number of benzene rings is 2. The second kappa shape index (κ2) is 5.20. The highest BCUT2D eigenvalue weighted by atomic mass is 32.2. The Balaban J connectivity index is 2.32. The number of hydrogen-bond acceptors (Lipinski definition) is 4. The molecule has 0 saturated heterocycles. The van der Waals surface area contributed by atoms with Crippen molar-refractivity contribution in [2.75, 3.05) is 11.7 Å². The van der Waals surface area contributed by atoms with Gasteiger partial charge in [0.2, 0.25) is 0 Å². The number of anilines is 1. The van der Waals surface area contributed by atoms with E-state index in [1.807, 2.05) is 42.5 Å². The van der Waals surface area contributed by atoms with E-state index in [-0.39, 0.29) is 0 Å². The molecule has 0 amide bonds. The third kappa shape index (κ3) is 3.32. The zero-order chi connectivity index (χ0) is 13.0. The largest absolute Gasteiger partial charge is 0.284 e. The summed E-state index contributed by atoms with van der Waals surface area (Å²) in [4.78, 5) is 0. The van der Waals surface area contributed by atoms with Crippen LogP contribution >= 0.6 is 0 Å². The van der Waals surface area contributed by atoms with E-state index in [4.69, 9.17) is 0 Å². The summed E-state index contributed by atoms with van der Waals surface area (Å²) < 4.78 is 26.5. The van der Waals surface area contributed by atoms with E-state index in [9.17, 15) is 8.42 Å². The summed E-state index contributed by atoms with van der Waals surface area (Å²) >= 11 is 0. The van der Waals surface area contributed by atoms with Crippen molar-refractivity contribution in [1.82, 2.24) is 0 Å². The fourth-order valence-electron chi connectivity index (χ4n) is 1.56. The molecule has 2 rings (SSSR count). The number of nitrogens with one attached hydrogen (secondary N) is 1. The first kappa shape index (κ1) is 12.6. The topological polar surface area (TPSA) is 55.4 Å². The molecular formula is C13H13NO3S. The molecule has 0 bridgehead atoms. The fourth-order valence-corrected chi connectivity index (χ4v) is 1.80. The van der Waals surface area contributed by atoms with Crippen LogP contribution in [-0.4, -0.2) is 14.7 Å². The molecule has 0 heterocycles. The van der Waals surface area contributed by atoms with Crippen LogP contribution in [0, 0.1) is 0 Å². The Labute approximate surface area is 106 Å². The minimum Gasteiger partial charge on any atom is -0.249 e. The minimum atomic E-state index is -3.53. The van der Waals surface area contributed by atoms with E-state index in [2.05, 4.69) is 9.76 Å². The van der Waals surface area contributed by atoms with Crippen LogP contribution in [-0.2, 0) is 14.4 Å². The van der Waals surface area contributed by atoms with E-state index >= 15 is 0 Å². The van der Waals surface area contributed by atoms with Crippen LogP contribution in [0.3, 0.4) is 0 Å². The van der Waals surface area contributed by atoms with Gasteiger partial charge in [-0.25, -0.2) is 5.48 Å². The van der Waals surface area contributed by atoms with E-state index in [1.165, 1.54) is 0 Å². The van der Waals surface area contributed by atoms with Crippen LogP contribution in [0.2, 0.25) is 0 Å². The predicted octanol–water partition coefficient (Wildman–Crippen LogP) is 2.66. The molecule has 0 aromatic heterocycles. The maximum atomic E-state index is 11.0. The van der Waals surface area contributed by atoms with Gasteiger partial charge < -0.3 is 0 Å². The normalized spacial score (nSPS) is 11.2. The van der Waals surface area contributed by atoms with Gasteiger partial charge in [-0.1, -0.05) is 48.5 Å². The van der Waals surface area contributed by atoms with Gasteiger partial charge in [0.05, 0.1) is 11.9 Å². The van der Waals surface area contributed by atoms with Crippen LogP contribution in [0.1, 0.15) is 0 Å². The molecule has 0 fully saturated rings. The minimum absolute atomic E-state index is 0.606. The highest BCUT2D eigenvalue weighted by Crippen LogP contribution is 2.27. The molecule has 0 atom stereocenters. The standard InChI is InChI=1S/C13H13NO3S/c1-18(15,16)17-14-13-10-6-5-9-12(13)11-7-3-2-4-8-11/h2-10,14H,1H3. The van der Waals surface area contributed by atoms with Crippen LogP contribution in [0.15, 0.2) is 54.6 Å². The molecule has 0 spiro atoms. The Morgan fingerprint density at radius 2 is 1.56 bits per heavy atom. The average Bonchev–Trinajstić information content (AvgIpc) is 2.37. The Morgan fingerprint density at radius 1 is 0.944 bits per heavy atom. The third-order valence-corrected chi connectivity index (χ3v) is 2.70. The van der Waals surface area contributed by atoms with Gasteiger partial charge in [0.15, 0.2) is 0 Å². The lowest BCUT2D eigenvalue weighted by molar-refractivity contribution is 0.396. The number of rotatable bonds is 4. The van der Waals surface area contributed by atoms with Crippen molar-refractivity contribution < 1.29 is 12.7 Å². The molecule has 0 unspecified atom stereocenters. The summed E-state index contributed by atoms with van der Waals surface area (Å²) in [6.07, 6.45) is 0.991. The van der Waals surface area contributed by atoms with Gasteiger partial charge in [-0.15, -0.1) is 0 Å². The molecule has 1 N–H and O–H groups in total. The zero-order valence-electron chi connectivity index (χ0n) is 9.83. The predicted molar refractivity (Wildman–Crippen MR) is 71.4 cm³/mol. The Hall–Kier alpha value is -1.85. The fraction of sp³-hybridized carbons (Fsp3) is 0.0769. The summed E-state index contributed by atoms with van der Waals surface area (Å²) in [6, 6.07) is 17.0. The van der Waals surface area contributed by atoms with Crippen molar-refractivity contribution >= 4 is 15.8 Å². The molecule has 18 heavy (non-hydrogen) atoms. The van der Waals surface area contributed by atoms with Crippen LogP contribution < -0.4 is 5.48 Å². The summed E-state index contributed by atoms with van der Waals surface area (Å²) in [5.41, 5.74) is 4.93. The Bertz CT molecular complexity index is 624. The highest BCUT2D eigenvalue weighted by Gasteiger charge is 2.07. The van der Waals surface area contributed by atoms with Crippen molar-refractivity contribution in [2.45, 2.75) is 0 Å². The summed E-state index contributed by atoms with van der Waals surface area (Å²) in [6.45, 7) is 0. The van der Waals surface area contributed by atoms with Crippen molar-refractivity contribution in [3.63, 3.8) is 0 Å². The zero-order valence-corrected chi connectivity index (χ0v) is 10.6. The van der Waals surface area contributed by atoms with Gasteiger partial charge in [-0.05, 0) is 11.6 Å². The maximum Gasteiger partial charge on any atom is 0.284 e. The molecule has 0 radical (unpaired) electrons. The van der Waals surface area contributed by atoms with Gasteiger partial charge in [0.1, 0.15) is 0 Å². The number of para-hydroxylation sites is 1. The first-order valence-corrected chi connectivity index (χ1v) is 7.17. The molecule has 0 aliphatic carbocycles. The molecule has 4 nitrogen and oxygen atoms in total. The molecular weight excluding hydrogens is 250 g/mol. The van der Waals surface area contributed by atoms with Crippen molar-refractivity contribution in [3.8, 4) is 11.1 Å². The second-order valence-electron chi connectivity index (χ2n) is 3.80. The van der Waals surface area contributed by atoms with Gasteiger partial charge in [-0.3, -0.25) is 0 Å². The van der Waals surface area contributed by atoms with Crippen LogP contribution in [0.4, 0.5) is 5.69 Å². The third-order valence-electron chi connectivity index (χ3n) is 2.31. The van der Waals surface area contributed by atoms with Gasteiger partial charge in [0.25, 0.3) is 10.1 Å². The van der Waals surface area contributed by atoms with Crippen molar-refractivity contribution in [2.24, 2.45) is 0 Å². The van der Waals surface area contributed by atoms with E-state index in [0.717, 1.165) is 17.4 Å². The summed E-state index contributed by atoms with van der Waals surface area (Å²) in [5.74, 6) is 0. The van der Waals surface area contributed by atoms with E-state index in [1.54, 1.807) is 12.1 Å². The lowest BCUT2D eigenvalue weighted by Gasteiger charge is -2.10. The smallest absolute Gasteiger partial charge is 0.249 e. The van der Waals surface area contributed by atoms with Crippen LogP contribution in [0.5, 0.6) is 0 Å². The Kier molecular flexibility index (Phi) is 3.64. The van der Waals surface area contributed by atoms with Crippen molar-refractivity contribution in [1.29, 1.82) is 0 Å². The number of hydrogen-bond donors (Lipinski definition) is 1. The highest BCUT2D eigenvalue weighted by molar-refractivity contribution is 7.86. The molecule has 94 valence electrons. The molecule has 2 aromatic rings. The van der Waals surface area contributed by atoms with Gasteiger partial charge >= 0.3 is 0 Å². The second-order valence-corrected chi connectivity index (χ2v) is 5.38. The molecule has 2 aromatic carbocycles. The average molecular weight is 263 g/mol. The summed E-state index contributed by atoms with van der Waals surface area (Å²) in [5, 5.41) is 0.